The molecule has 1 aliphatic heterocycles. The van der Waals surface area contributed by atoms with Crippen molar-refractivity contribution in [1.82, 2.24) is 36.8 Å². The van der Waals surface area contributed by atoms with Crippen molar-refractivity contribution in [2.75, 3.05) is 19.7 Å². The molecule has 16 N–H and O–H groups in total. The number of nitrogens with one attached hydrogen (secondary N) is 6. The van der Waals surface area contributed by atoms with E-state index in [1.165, 1.54) is 43.0 Å². The van der Waals surface area contributed by atoms with Gasteiger partial charge in [-0.05, 0) is 68.7 Å². The predicted molar refractivity (Wildman–Crippen MR) is 243 cm³/mol. The van der Waals surface area contributed by atoms with Gasteiger partial charge >= 0.3 is 5.97 Å². The molecule has 1 fully saturated rings. The molecule has 0 saturated carbocycles. The first-order valence-corrected chi connectivity index (χ1v) is 21.9. The van der Waals surface area contributed by atoms with Crippen LogP contribution < -0.4 is 49.1 Å². The average molecular weight is 940 g/mol. The Morgan fingerprint density at radius 3 is 1.75 bits per heavy atom. The van der Waals surface area contributed by atoms with E-state index >= 15 is 0 Å². The minimum Gasteiger partial charge on any atom is -0.508 e. The minimum absolute atomic E-state index is 0.0441. The van der Waals surface area contributed by atoms with Gasteiger partial charge in [0, 0.05) is 25.9 Å². The summed E-state index contributed by atoms with van der Waals surface area (Å²) in [6, 6.07) is 3.32. The molecule has 2 aromatic rings. The summed E-state index contributed by atoms with van der Waals surface area (Å²) in [5.74, 6) is -8.22. The molecule has 9 atom stereocenters. The summed E-state index contributed by atoms with van der Waals surface area (Å²) in [4.78, 5) is 112. The van der Waals surface area contributed by atoms with Gasteiger partial charge in [-0.3, -0.25) is 38.6 Å². The largest absolute Gasteiger partial charge is 0.508 e. The number of carboxylic acid groups (broad SMARTS) is 1. The number of carbonyl (C=O) groups excluding carboxylic acids is 7. The first-order valence-electron chi connectivity index (χ1n) is 21.9. The highest BCUT2D eigenvalue weighted by atomic mass is 16.4. The number of likely N-dealkylation sites (tertiary alicyclic amines) is 1. The van der Waals surface area contributed by atoms with E-state index in [2.05, 4.69) is 36.9 Å². The zero-order valence-electron chi connectivity index (χ0n) is 38.0. The molecule has 7 amide bonds. The van der Waals surface area contributed by atoms with E-state index in [0.717, 1.165) is 0 Å². The van der Waals surface area contributed by atoms with Crippen LogP contribution in [-0.2, 0) is 51.2 Å². The molecule has 1 saturated heterocycles. The zero-order chi connectivity index (χ0) is 50.0. The van der Waals surface area contributed by atoms with Crippen molar-refractivity contribution in [3.63, 3.8) is 0 Å². The molecule has 0 aromatic heterocycles. The molecule has 0 unspecified atom stereocenters. The van der Waals surface area contributed by atoms with Gasteiger partial charge in [-0.2, -0.15) is 0 Å². The monoisotopic (exact) mass is 939 g/mol. The number of aliphatic hydroxyl groups excluding tert-OH is 2. The van der Waals surface area contributed by atoms with Crippen molar-refractivity contribution in [3.8, 4) is 5.75 Å². The summed E-state index contributed by atoms with van der Waals surface area (Å²) >= 11 is 0. The van der Waals surface area contributed by atoms with E-state index in [1.807, 2.05) is 0 Å². The Kier molecular flexibility index (Phi) is 21.4. The van der Waals surface area contributed by atoms with E-state index in [9.17, 15) is 58.8 Å². The number of rotatable bonds is 25. The van der Waals surface area contributed by atoms with Crippen LogP contribution in [0.5, 0.6) is 5.75 Å². The van der Waals surface area contributed by atoms with E-state index in [4.69, 9.17) is 17.2 Å². The number of aliphatic imine (C=N–C) groups is 1. The van der Waals surface area contributed by atoms with Gasteiger partial charge in [0.15, 0.2) is 5.96 Å². The molecule has 1 heterocycles. The Balaban J connectivity index is 1.82. The number of aliphatic hydroxyl groups is 2. The van der Waals surface area contributed by atoms with Crippen LogP contribution in [0.15, 0.2) is 59.6 Å². The van der Waals surface area contributed by atoms with Gasteiger partial charge in [-0.15, -0.1) is 0 Å². The van der Waals surface area contributed by atoms with Gasteiger partial charge in [0.2, 0.25) is 41.4 Å². The number of hydrogen-bond acceptors (Lipinski definition) is 13. The van der Waals surface area contributed by atoms with Crippen LogP contribution >= 0.6 is 0 Å². The second kappa shape index (κ2) is 26.3. The van der Waals surface area contributed by atoms with Crippen molar-refractivity contribution in [3.05, 3.63) is 65.7 Å². The number of phenolic OH excluding ortho intramolecular Hbond substituents is 1. The van der Waals surface area contributed by atoms with E-state index in [1.54, 1.807) is 44.2 Å². The lowest BCUT2D eigenvalue weighted by Crippen LogP contribution is -2.62. The molecule has 0 bridgehead atoms. The lowest BCUT2D eigenvalue weighted by molar-refractivity contribution is -0.142. The van der Waals surface area contributed by atoms with E-state index in [-0.39, 0.29) is 56.9 Å². The minimum atomic E-state index is -1.72. The highest BCUT2D eigenvalue weighted by Crippen LogP contribution is 2.19. The smallest absolute Gasteiger partial charge is 0.326 e. The fourth-order valence-corrected chi connectivity index (χ4v) is 7.17. The van der Waals surface area contributed by atoms with Gasteiger partial charge in [-0.25, -0.2) is 4.79 Å². The maximum atomic E-state index is 14.0. The predicted octanol–water partition coefficient (Wildman–Crippen LogP) is -3.41. The van der Waals surface area contributed by atoms with E-state index in [0.29, 0.717) is 17.5 Å². The summed E-state index contributed by atoms with van der Waals surface area (Å²) in [6.45, 7) is 5.24. The number of guanidine groups is 1. The van der Waals surface area contributed by atoms with Crippen molar-refractivity contribution in [2.45, 2.75) is 121 Å². The summed E-state index contributed by atoms with van der Waals surface area (Å²) in [5.41, 5.74) is 17.5. The van der Waals surface area contributed by atoms with Crippen LogP contribution in [0.1, 0.15) is 64.5 Å². The molecule has 67 heavy (non-hydrogen) atoms. The molecule has 23 heteroatoms. The Bertz CT molecular complexity index is 2050. The third-order valence-electron chi connectivity index (χ3n) is 10.8. The third-order valence-corrected chi connectivity index (χ3v) is 10.8. The highest BCUT2D eigenvalue weighted by Gasteiger charge is 2.39. The first-order chi connectivity index (χ1) is 31.6. The van der Waals surface area contributed by atoms with Crippen LogP contribution in [0, 0.1) is 5.92 Å². The van der Waals surface area contributed by atoms with Crippen molar-refractivity contribution < 1.29 is 58.8 Å². The molecule has 2 aromatic carbocycles. The number of amides is 7. The molecule has 3 rings (SSSR count). The van der Waals surface area contributed by atoms with Gasteiger partial charge in [0.1, 0.15) is 48.0 Å². The zero-order valence-corrected chi connectivity index (χ0v) is 38.0. The Morgan fingerprint density at radius 2 is 1.24 bits per heavy atom. The molecular formula is C44H65N11O12. The lowest BCUT2D eigenvalue weighted by atomic mass is 10.00. The van der Waals surface area contributed by atoms with Gasteiger partial charge in [-0.1, -0.05) is 56.3 Å². The molecule has 0 aliphatic carbocycles. The van der Waals surface area contributed by atoms with Crippen LogP contribution in [0.4, 0.5) is 0 Å². The van der Waals surface area contributed by atoms with Gasteiger partial charge in [0.25, 0.3) is 0 Å². The Morgan fingerprint density at radius 1 is 0.716 bits per heavy atom. The molecule has 0 radical (unpaired) electrons. The SMILES string of the molecule is CC(C)[C@H](NC(=O)[C@H](CO)NC(=O)[C@H](Cc1ccc(O)cc1)NC(=O)[C@@H](NC(=O)[C@@H]1CCCN1C(=O)[C@H](C)N)[C@@H](C)O)C(=O)N[C@@H](Cc1ccccc1)C(=O)N[C@@H](CCCN=C(N)N)C(=O)O. The van der Waals surface area contributed by atoms with Crippen molar-refractivity contribution >= 4 is 53.3 Å². The number of phenols is 1. The van der Waals surface area contributed by atoms with Gasteiger partial charge < -0.3 is 74.4 Å². The lowest BCUT2D eigenvalue weighted by Gasteiger charge is -2.30. The molecule has 1 aliphatic rings. The topological polar surface area (TPSA) is 383 Å². The summed E-state index contributed by atoms with van der Waals surface area (Å²) in [5, 5.41) is 55.6. The number of benzene rings is 2. The normalized spacial score (nSPS) is 17.0. The quantitative estimate of drug-likeness (QED) is 0.0262. The first kappa shape index (κ1) is 54.5. The maximum Gasteiger partial charge on any atom is 0.326 e. The molecule has 23 nitrogen and oxygen atoms in total. The fourth-order valence-electron chi connectivity index (χ4n) is 7.17. The van der Waals surface area contributed by atoms with Crippen LogP contribution in [-0.4, -0.2) is 153 Å². The molecule has 0 spiro atoms. The number of aliphatic carboxylic acids is 1. The Labute approximate surface area is 388 Å². The Hall–Kier alpha value is -6.85. The highest BCUT2D eigenvalue weighted by molar-refractivity contribution is 5.98. The number of nitrogens with zero attached hydrogens (tertiary/aromatic N) is 2. The average Bonchev–Trinajstić information content (AvgIpc) is 3.77. The van der Waals surface area contributed by atoms with Gasteiger partial charge in [0.05, 0.1) is 18.8 Å². The van der Waals surface area contributed by atoms with Crippen LogP contribution in [0.3, 0.4) is 0 Å². The number of carboxylic acids is 1. The van der Waals surface area contributed by atoms with Crippen molar-refractivity contribution in [2.24, 2.45) is 28.1 Å². The molecule has 368 valence electrons. The van der Waals surface area contributed by atoms with Crippen molar-refractivity contribution in [1.29, 1.82) is 0 Å². The summed E-state index contributed by atoms with van der Waals surface area (Å²) in [7, 11) is 0. The third kappa shape index (κ3) is 17.1. The fraction of sp³-hybridized carbons (Fsp3) is 0.523. The van der Waals surface area contributed by atoms with Crippen LogP contribution in [0.2, 0.25) is 0 Å². The van der Waals surface area contributed by atoms with Crippen LogP contribution in [0.25, 0.3) is 0 Å². The maximum absolute atomic E-state index is 14.0. The number of aromatic hydroxyl groups is 1. The standard InChI is InChI=1S/C44H65N11O12/c1-23(2)34(40(63)50-30(20-26-10-6-5-7-11-26)36(59)49-29(43(66)67)12-8-18-48-44(46)47)53-38(61)32(22-56)52-37(60)31(21-27-14-16-28(58)17-15-27)51-41(64)35(25(4)57)54-39(62)33-13-9-19-55(33)42(65)24(3)45/h5-7,10-11,14-17,23-25,29-35,56-58H,8-9,12-13,18-22,45H2,1-4H3,(H,49,59)(H,50,63)(H,51,64)(H,52,60)(H,53,61)(H,54,62)(H,66,67)(H4,46,47,48)/t24-,25+,29-,30-,31-,32-,33-,34-,35-/m0/s1. The van der Waals surface area contributed by atoms with E-state index < -0.39 is 114 Å². The number of nitrogens with two attached hydrogens (primary N) is 3. The summed E-state index contributed by atoms with van der Waals surface area (Å²) in [6.07, 6.45) is -0.908. The summed E-state index contributed by atoms with van der Waals surface area (Å²) < 4.78 is 0. The molecular weight excluding hydrogens is 875 g/mol. The second-order valence-corrected chi connectivity index (χ2v) is 16.7. The second-order valence-electron chi connectivity index (χ2n) is 16.7. The number of carbonyl (C=O) groups is 8. The number of hydrogen-bond donors (Lipinski definition) is 13.